The summed E-state index contributed by atoms with van der Waals surface area (Å²) in [5.41, 5.74) is 4.00. The summed E-state index contributed by atoms with van der Waals surface area (Å²) in [5, 5.41) is 10.2. The van der Waals surface area contributed by atoms with Crippen LogP contribution in [-0.2, 0) is 0 Å². The fourth-order valence-corrected chi connectivity index (χ4v) is 5.13. The Bertz CT molecular complexity index is 812. The summed E-state index contributed by atoms with van der Waals surface area (Å²) in [7, 11) is 0. The van der Waals surface area contributed by atoms with Crippen molar-refractivity contribution in [2.75, 3.05) is 13.2 Å². The zero-order valence-corrected chi connectivity index (χ0v) is 17.9. The second kappa shape index (κ2) is 9.79. The lowest BCUT2D eigenvalue weighted by atomic mass is 9.93. The number of unbranched alkanes of at least 4 members (excludes halogenated alkanes) is 1. The van der Waals surface area contributed by atoms with Crippen molar-refractivity contribution >= 4 is 18.2 Å². The summed E-state index contributed by atoms with van der Waals surface area (Å²) in [4.78, 5) is 8.41. The van der Waals surface area contributed by atoms with Crippen molar-refractivity contribution < 1.29 is 5.11 Å². The normalized spacial score (nSPS) is 23.4. The van der Waals surface area contributed by atoms with Crippen LogP contribution in [0, 0.1) is 12.8 Å². The topological polar surface area (TPSA) is 47.9 Å². The first-order valence-electron chi connectivity index (χ1n) is 10.7. The first kappa shape index (κ1) is 20.5. The molecule has 1 saturated heterocycles. The number of aliphatic imine (C=N–C) groups is 1. The van der Waals surface area contributed by atoms with Gasteiger partial charge < -0.3 is 10.0 Å². The first-order chi connectivity index (χ1) is 14.3. The number of dihydropyridines is 1. The molecule has 2 N–H and O–H groups in total. The fraction of sp³-hybridized carbons (Fsp3) is 0.458. The maximum atomic E-state index is 10.2. The van der Waals surface area contributed by atoms with Crippen LogP contribution in [0.4, 0.5) is 0 Å². The van der Waals surface area contributed by atoms with Crippen molar-refractivity contribution in [3.8, 4) is 0 Å². The summed E-state index contributed by atoms with van der Waals surface area (Å²) in [6.45, 7) is 3.26. The minimum atomic E-state index is 0.114. The molecule has 3 unspecified atom stereocenters. The summed E-state index contributed by atoms with van der Waals surface area (Å²) >= 11 is 1.70. The molecule has 4 nitrogen and oxygen atoms in total. The number of rotatable bonds is 9. The van der Waals surface area contributed by atoms with Crippen molar-refractivity contribution in [2.45, 2.75) is 56.1 Å². The SMILES string of the molecule is Cc1ccc(SNCCCCC(CO)N2C3=CCCC=C3C3C=CC=NC32)cc1. The number of likely N-dealkylation sites (tertiary alicyclic amines) is 1. The molecule has 0 bridgehead atoms. The van der Waals surface area contributed by atoms with Crippen LogP contribution in [0.2, 0.25) is 0 Å². The lowest BCUT2D eigenvalue weighted by Crippen LogP contribution is -2.41. The van der Waals surface area contributed by atoms with Crippen molar-refractivity contribution in [3.63, 3.8) is 0 Å². The van der Waals surface area contributed by atoms with E-state index in [0.717, 1.165) is 38.6 Å². The molecule has 0 spiro atoms. The smallest absolute Gasteiger partial charge is 0.131 e. The number of hydrogen-bond donors (Lipinski definition) is 2. The zero-order chi connectivity index (χ0) is 20.1. The summed E-state index contributed by atoms with van der Waals surface area (Å²) in [5.74, 6) is 0.341. The molecule has 1 aliphatic carbocycles. The molecule has 1 aromatic carbocycles. The second-order valence-corrected chi connectivity index (χ2v) is 8.96. The Hall–Kier alpha value is -1.82. The van der Waals surface area contributed by atoms with E-state index in [0.29, 0.717) is 5.92 Å². The average Bonchev–Trinajstić information content (AvgIpc) is 3.09. The zero-order valence-electron chi connectivity index (χ0n) is 17.1. The van der Waals surface area contributed by atoms with Gasteiger partial charge in [0.25, 0.3) is 0 Å². The highest BCUT2D eigenvalue weighted by Gasteiger charge is 2.43. The number of nitrogens with zero attached hydrogens (tertiary/aromatic N) is 2. The number of allylic oxidation sites excluding steroid dienone is 4. The maximum absolute atomic E-state index is 10.2. The number of fused-ring (bicyclic) bond motifs is 3. The first-order valence-corrected chi connectivity index (χ1v) is 11.6. The van der Waals surface area contributed by atoms with Crippen LogP contribution in [0.3, 0.4) is 0 Å². The molecule has 0 radical (unpaired) electrons. The summed E-state index contributed by atoms with van der Waals surface area (Å²) < 4.78 is 3.46. The molecule has 2 heterocycles. The maximum Gasteiger partial charge on any atom is 0.131 e. The minimum Gasteiger partial charge on any atom is -0.394 e. The minimum absolute atomic E-state index is 0.114. The van der Waals surface area contributed by atoms with Gasteiger partial charge in [-0.05, 0) is 68.3 Å². The third-order valence-corrected chi connectivity index (χ3v) is 6.79. The molecule has 1 aromatic rings. The van der Waals surface area contributed by atoms with E-state index in [1.165, 1.54) is 21.7 Å². The van der Waals surface area contributed by atoms with Gasteiger partial charge >= 0.3 is 0 Å². The van der Waals surface area contributed by atoms with Crippen LogP contribution in [0.25, 0.3) is 0 Å². The highest BCUT2D eigenvalue weighted by Crippen LogP contribution is 2.44. The van der Waals surface area contributed by atoms with E-state index in [9.17, 15) is 5.11 Å². The van der Waals surface area contributed by atoms with Gasteiger partial charge in [0, 0.05) is 29.3 Å². The van der Waals surface area contributed by atoms with Crippen LogP contribution in [0.5, 0.6) is 0 Å². The molecule has 1 fully saturated rings. The Morgan fingerprint density at radius 2 is 2.03 bits per heavy atom. The van der Waals surface area contributed by atoms with Gasteiger partial charge in [-0.25, -0.2) is 0 Å². The van der Waals surface area contributed by atoms with Gasteiger partial charge in [0.05, 0.1) is 12.6 Å². The molecule has 3 atom stereocenters. The molecule has 0 saturated carbocycles. The van der Waals surface area contributed by atoms with E-state index in [2.05, 4.69) is 65.1 Å². The Kier molecular flexibility index (Phi) is 6.90. The number of aryl methyl sites for hydroxylation is 1. The van der Waals surface area contributed by atoms with Crippen LogP contribution >= 0.6 is 11.9 Å². The van der Waals surface area contributed by atoms with Crippen molar-refractivity contribution in [2.24, 2.45) is 10.9 Å². The molecule has 0 aromatic heterocycles. The van der Waals surface area contributed by atoms with Crippen molar-refractivity contribution in [3.05, 3.63) is 65.4 Å². The number of nitrogens with one attached hydrogen (secondary N) is 1. The molecule has 29 heavy (non-hydrogen) atoms. The second-order valence-electron chi connectivity index (χ2n) is 8.00. The molecule has 5 heteroatoms. The molecule has 0 amide bonds. The van der Waals surface area contributed by atoms with Crippen LogP contribution in [0.1, 0.15) is 37.7 Å². The predicted molar refractivity (Wildman–Crippen MR) is 122 cm³/mol. The van der Waals surface area contributed by atoms with Gasteiger partial charge in [-0.3, -0.25) is 9.71 Å². The van der Waals surface area contributed by atoms with Gasteiger partial charge in [-0.2, -0.15) is 0 Å². The standard InChI is InChI=1S/C24H31N3OS/c1-18-11-13-20(14-12-18)29-26-16-5-4-7-19(17-28)27-23-10-3-2-8-21(23)22-9-6-15-25-24(22)27/h6,8-15,19,22,24,26,28H,2-5,7,16-17H2,1H3. The molecule has 2 aliphatic heterocycles. The van der Waals surface area contributed by atoms with Crippen LogP contribution in [0.15, 0.2) is 69.7 Å². The summed E-state index contributed by atoms with van der Waals surface area (Å²) in [6.07, 6.45) is 16.4. The number of aliphatic hydroxyl groups is 1. The van der Waals surface area contributed by atoms with E-state index in [-0.39, 0.29) is 18.8 Å². The molecular weight excluding hydrogens is 378 g/mol. The Balaban J connectivity index is 1.28. The quantitative estimate of drug-likeness (QED) is 0.461. The number of benzene rings is 1. The highest BCUT2D eigenvalue weighted by atomic mass is 32.2. The van der Waals surface area contributed by atoms with Crippen LogP contribution in [-0.4, -0.2) is 41.6 Å². The third kappa shape index (κ3) is 4.68. The van der Waals surface area contributed by atoms with Gasteiger partial charge in [-0.1, -0.05) is 42.3 Å². The fourth-order valence-electron chi connectivity index (χ4n) is 4.44. The number of aliphatic hydroxyl groups excluding tert-OH is 1. The van der Waals surface area contributed by atoms with E-state index in [1.807, 2.05) is 6.21 Å². The Labute approximate surface area is 178 Å². The van der Waals surface area contributed by atoms with E-state index >= 15 is 0 Å². The third-order valence-electron chi connectivity index (χ3n) is 5.93. The lowest BCUT2D eigenvalue weighted by molar-refractivity contribution is 0.121. The summed E-state index contributed by atoms with van der Waals surface area (Å²) in [6, 6.07) is 8.72. The lowest BCUT2D eigenvalue weighted by Gasteiger charge is -2.34. The highest BCUT2D eigenvalue weighted by molar-refractivity contribution is 7.97. The molecule has 3 aliphatic rings. The molecule has 154 valence electrons. The Morgan fingerprint density at radius 1 is 1.21 bits per heavy atom. The van der Waals surface area contributed by atoms with Gasteiger partial charge in [-0.15, -0.1) is 0 Å². The largest absolute Gasteiger partial charge is 0.394 e. The van der Waals surface area contributed by atoms with E-state index in [4.69, 9.17) is 4.99 Å². The van der Waals surface area contributed by atoms with Gasteiger partial charge in [0.15, 0.2) is 0 Å². The van der Waals surface area contributed by atoms with Crippen molar-refractivity contribution in [1.29, 1.82) is 0 Å². The van der Waals surface area contributed by atoms with E-state index in [1.54, 1.807) is 11.9 Å². The predicted octanol–water partition coefficient (Wildman–Crippen LogP) is 4.63. The monoisotopic (exact) mass is 409 g/mol. The van der Waals surface area contributed by atoms with Crippen LogP contribution < -0.4 is 4.72 Å². The molecule has 4 rings (SSSR count). The van der Waals surface area contributed by atoms with E-state index < -0.39 is 0 Å². The Morgan fingerprint density at radius 3 is 2.86 bits per heavy atom. The van der Waals surface area contributed by atoms with Gasteiger partial charge in [0.1, 0.15) is 6.17 Å². The molecular formula is C24H31N3OS. The van der Waals surface area contributed by atoms with Gasteiger partial charge in [0.2, 0.25) is 0 Å². The van der Waals surface area contributed by atoms with Crippen molar-refractivity contribution in [1.82, 2.24) is 9.62 Å². The average molecular weight is 410 g/mol. The number of hydrogen-bond acceptors (Lipinski definition) is 5.